The van der Waals surface area contributed by atoms with Crippen LogP contribution in [0.5, 0.6) is 0 Å². The molecule has 0 heterocycles. The molecule has 0 amide bonds. The van der Waals surface area contributed by atoms with Crippen molar-refractivity contribution in [2.24, 2.45) is 0 Å². The first kappa shape index (κ1) is 9.24. The molecule has 1 heteroatoms. The summed E-state index contributed by atoms with van der Waals surface area (Å²) in [6.07, 6.45) is 5.22. The lowest BCUT2D eigenvalue weighted by molar-refractivity contribution is -0.113. The summed E-state index contributed by atoms with van der Waals surface area (Å²) in [6, 6.07) is 0. The molecular formula is C11H16O. The summed E-state index contributed by atoms with van der Waals surface area (Å²) in [7, 11) is 0. The predicted octanol–water partition coefficient (Wildman–Crippen LogP) is 3.02. The van der Waals surface area contributed by atoms with Crippen molar-refractivity contribution in [2.45, 2.75) is 40.0 Å². The van der Waals surface area contributed by atoms with E-state index in [2.05, 4.69) is 19.9 Å². The maximum Gasteiger partial charge on any atom is 0.159 e. The lowest BCUT2D eigenvalue weighted by Gasteiger charge is -2.16. The highest BCUT2D eigenvalue weighted by Gasteiger charge is 2.14. The minimum Gasteiger partial charge on any atom is -0.295 e. The van der Waals surface area contributed by atoms with E-state index in [9.17, 15) is 4.79 Å². The summed E-state index contributed by atoms with van der Waals surface area (Å²) in [4.78, 5) is 11.2. The van der Waals surface area contributed by atoms with E-state index in [1.807, 2.05) is 0 Å². The Morgan fingerprint density at radius 1 is 1.58 bits per heavy atom. The highest BCUT2D eigenvalue weighted by Crippen LogP contribution is 2.27. The zero-order valence-corrected chi connectivity index (χ0v) is 8.11. The third kappa shape index (κ3) is 1.66. The molecule has 1 aliphatic carbocycles. The average Bonchev–Trinajstić information content (AvgIpc) is 2.03. The van der Waals surface area contributed by atoms with Crippen LogP contribution in [0.3, 0.4) is 0 Å². The summed E-state index contributed by atoms with van der Waals surface area (Å²) in [5.74, 6) is 0.214. The molecule has 1 nitrogen and oxygen atoms in total. The Balaban J connectivity index is 3.00. The second kappa shape index (κ2) is 3.70. The summed E-state index contributed by atoms with van der Waals surface area (Å²) in [5.41, 5.74) is 3.63. The van der Waals surface area contributed by atoms with Gasteiger partial charge >= 0.3 is 0 Å². The summed E-state index contributed by atoms with van der Waals surface area (Å²) in [6.45, 7) is 5.90. The van der Waals surface area contributed by atoms with Crippen LogP contribution in [-0.4, -0.2) is 5.78 Å². The molecule has 0 N–H and O–H groups in total. The zero-order chi connectivity index (χ0) is 9.14. The quantitative estimate of drug-likeness (QED) is 0.613. The summed E-state index contributed by atoms with van der Waals surface area (Å²) in [5, 5.41) is 0. The Labute approximate surface area is 74.2 Å². The number of ketones is 1. The van der Waals surface area contributed by atoms with Crippen molar-refractivity contribution >= 4 is 5.78 Å². The minimum absolute atomic E-state index is 0.214. The molecule has 12 heavy (non-hydrogen) atoms. The highest BCUT2D eigenvalue weighted by atomic mass is 16.1. The minimum atomic E-state index is 0.214. The van der Waals surface area contributed by atoms with Gasteiger partial charge in [-0.15, -0.1) is 0 Å². The average molecular weight is 164 g/mol. The van der Waals surface area contributed by atoms with Gasteiger partial charge in [0.1, 0.15) is 0 Å². The third-order valence-electron chi connectivity index (χ3n) is 2.44. The van der Waals surface area contributed by atoms with Crippen molar-refractivity contribution in [2.75, 3.05) is 0 Å². The highest BCUT2D eigenvalue weighted by molar-refractivity contribution is 5.98. The van der Waals surface area contributed by atoms with Gasteiger partial charge in [-0.05, 0) is 38.7 Å². The second-order valence-electron chi connectivity index (χ2n) is 3.33. The number of hydrogen-bond acceptors (Lipinski definition) is 1. The van der Waals surface area contributed by atoms with Crippen molar-refractivity contribution in [3.05, 3.63) is 22.8 Å². The van der Waals surface area contributed by atoms with E-state index in [1.165, 1.54) is 11.1 Å². The Kier molecular flexibility index (Phi) is 2.85. The number of carbonyl (C=O) groups is 1. The van der Waals surface area contributed by atoms with E-state index in [0.717, 1.165) is 24.8 Å². The Bertz CT molecular complexity index is 256. The molecule has 1 rings (SSSR count). The molecule has 0 fully saturated rings. The first-order valence-corrected chi connectivity index (χ1v) is 4.57. The van der Waals surface area contributed by atoms with Crippen LogP contribution < -0.4 is 0 Å². The molecule has 0 saturated carbocycles. The smallest absolute Gasteiger partial charge is 0.159 e. The van der Waals surface area contributed by atoms with Crippen LogP contribution in [0.2, 0.25) is 0 Å². The summed E-state index contributed by atoms with van der Waals surface area (Å²) >= 11 is 0. The SMILES string of the molecule is CCC1=C(C)CCC=C1C(C)=O. The van der Waals surface area contributed by atoms with Crippen LogP contribution in [0.1, 0.15) is 40.0 Å². The Morgan fingerprint density at radius 3 is 2.67 bits per heavy atom. The third-order valence-corrected chi connectivity index (χ3v) is 2.44. The number of hydrogen-bond donors (Lipinski definition) is 0. The molecule has 0 spiro atoms. The van der Waals surface area contributed by atoms with E-state index in [0.29, 0.717) is 0 Å². The lowest BCUT2D eigenvalue weighted by Crippen LogP contribution is -2.05. The number of allylic oxidation sites excluding steroid dienone is 4. The number of Topliss-reactive ketones (excluding diaryl/α,β-unsaturated/α-hetero) is 1. The fourth-order valence-electron chi connectivity index (χ4n) is 1.79. The molecule has 0 radical (unpaired) electrons. The van der Waals surface area contributed by atoms with Gasteiger partial charge in [-0.1, -0.05) is 18.6 Å². The van der Waals surface area contributed by atoms with Gasteiger partial charge in [0.25, 0.3) is 0 Å². The normalized spacial score (nSPS) is 17.8. The molecule has 0 aromatic carbocycles. The zero-order valence-electron chi connectivity index (χ0n) is 8.11. The molecular weight excluding hydrogens is 148 g/mol. The predicted molar refractivity (Wildman–Crippen MR) is 51.0 cm³/mol. The molecule has 0 unspecified atom stereocenters. The maximum absolute atomic E-state index is 11.2. The largest absolute Gasteiger partial charge is 0.295 e. The van der Waals surface area contributed by atoms with Crippen LogP contribution in [-0.2, 0) is 4.79 Å². The second-order valence-corrected chi connectivity index (χ2v) is 3.33. The standard InChI is InChI=1S/C11H16O/c1-4-10-8(2)6-5-7-11(10)9(3)12/h7H,4-6H2,1-3H3. The molecule has 0 bridgehead atoms. The first-order valence-electron chi connectivity index (χ1n) is 4.57. The van der Waals surface area contributed by atoms with Gasteiger partial charge in [-0.3, -0.25) is 4.79 Å². The first-order chi connectivity index (χ1) is 5.66. The number of rotatable bonds is 2. The lowest BCUT2D eigenvalue weighted by atomic mass is 9.88. The van der Waals surface area contributed by atoms with E-state index >= 15 is 0 Å². The van der Waals surface area contributed by atoms with E-state index in [-0.39, 0.29) is 5.78 Å². The summed E-state index contributed by atoms with van der Waals surface area (Å²) < 4.78 is 0. The number of carbonyl (C=O) groups excluding carboxylic acids is 1. The van der Waals surface area contributed by atoms with Gasteiger partial charge in [0.05, 0.1) is 0 Å². The van der Waals surface area contributed by atoms with Gasteiger partial charge in [-0.25, -0.2) is 0 Å². The molecule has 0 atom stereocenters. The van der Waals surface area contributed by atoms with Crippen molar-refractivity contribution in [1.29, 1.82) is 0 Å². The van der Waals surface area contributed by atoms with Gasteiger partial charge < -0.3 is 0 Å². The van der Waals surface area contributed by atoms with Crippen molar-refractivity contribution < 1.29 is 4.79 Å². The van der Waals surface area contributed by atoms with Crippen LogP contribution in [0.25, 0.3) is 0 Å². The molecule has 0 aromatic heterocycles. The molecule has 0 aliphatic heterocycles. The van der Waals surface area contributed by atoms with Crippen molar-refractivity contribution in [1.82, 2.24) is 0 Å². The molecule has 66 valence electrons. The monoisotopic (exact) mass is 164 g/mol. The Morgan fingerprint density at radius 2 is 2.25 bits per heavy atom. The maximum atomic E-state index is 11.2. The van der Waals surface area contributed by atoms with Crippen LogP contribution in [0, 0.1) is 0 Å². The van der Waals surface area contributed by atoms with E-state index < -0.39 is 0 Å². The van der Waals surface area contributed by atoms with E-state index in [1.54, 1.807) is 6.92 Å². The van der Waals surface area contributed by atoms with Gasteiger partial charge in [0, 0.05) is 5.57 Å². The van der Waals surface area contributed by atoms with E-state index in [4.69, 9.17) is 0 Å². The van der Waals surface area contributed by atoms with Crippen LogP contribution in [0.15, 0.2) is 22.8 Å². The topological polar surface area (TPSA) is 17.1 Å². The molecule has 0 aromatic rings. The molecule has 1 aliphatic rings. The van der Waals surface area contributed by atoms with Crippen LogP contribution in [0.4, 0.5) is 0 Å². The fraction of sp³-hybridized carbons (Fsp3) is 0.545. The van der Waals surface area contributed by atoms with Crippen molar-refractivity contribution in [3.8, 4) is 0 Å². The van der Waals surface area contributed by atoms with Gasteiger partial charge in [0.15, 0.2) is 5.78 Å². The fourth-order valence-corrected chi connectivity index (χ4v) is 1.79. The van der Waals surface area contributed by atoms with Gasteiger partial charge in [-0.2, -0.15) is 0 Å². The van der Waals surface area contributed by atoms with Crippen LogP contribution >= 0.6 is 0 Å². The van der Waals surface area contributed by atoms with Gasteiger partial charge in [0.2, 0.25) is 0 Å². The Hall–Kier alpha value is -0.850. The molecule has 0 saturated heterocycles. The van der Waals surface area contributed by atoms with Crippen molar-refractivity contribution in [3.63, 3.8) is 0 Å².